The van der Waals surface area contributed by atoms with Crippen molar-refractivity contribution in [3.8, 4) is 0 Å². The molecule has 0 aromatic heterocycles. The highest BCUT2D eigenvalue weighted by Gasteiger charge is 2.30. The van der Waals surface area contributed by atoms with Crippen LogP contribution in [0.3, 0.4) is 0 Å². The van der Waals surface area contributed by atoms with Crippen LogP contribution in [0.5, 0.6) is 0 Å². The Balaban J connectivity index is 2.18. The van der Waals surface area contributed by atoms with E-state index in [1.165, 1.54) is 44.9 Å². The van der Waals surface area contributed by atoms with Crippen molar-refractivity contribution in [1.29, 1.82) is 0 Å². The van der Waals surface area contributed by atoms with Gasteiger partial charge in [-0.2, -0.15) is 13.2 Å². The molecule has 1 rings (SSSR count). The number of alkyl halides is 3. The number of carbonyl (C=O) groups excluding carboxylic acids is 1. The van der Waals surface area contributed by atoms with Gasteiger partial charge in [0, 0.05) is 0 Å². The second-order valence-electron chi connectivity index (χ2n) is 6.91. The van der Waals surface area contributed by atoms with Gasteiger partial charge >= 0.3 is 12.1 Å². The van der Waals surface area contributed by atoms with E-state index in [1.54, 1.807) is 0 Å². The quantitative estimate of drug-likeness (QED) is 0.287. The van der Waals surface area contributed by atoms with Crippen molar-refractivity contribution in [1.82, 2.24) is 0 Å². The van der Waals surface area contributed by atoms with Gasteiger partial charge in [-0.05, 0) is 44.0 Å². The Labute approximate surface area is 155 Å². The summed E-state index contributed by atoms with van der Waals surface area (Å²) < 4.78 is 42.9. The molecular formula is C21H31F3O2. The number of benzene rings is 1. The third-order valence-electron chi connectivity index (χ3n) is 4.47. The maximum absolute atomic E-state index is 12.5. The molecule has 0 bridgehead atoms. The fourth-order valence-electron chi connectivity index (χ4n) is 2.85. The zero-order valence-corrected chi connectivity index (χ0v) is 15.9. The first-order valence-corrected chi connectivity index (χ1v) is 9.72. The van der Waals surface area contributed by atoms with Crippen molar-refractivity contribution in [2.75, 3.05) is 0 Å². The second kappa shape index (κ2) is 12.0. The number of hydrogen-bond donors (Lipinski definition) is 0. The van der Waals surface area contributed by atoms with Crippen LogP contribution in [0.15, 0.2) is 24.3 Å². The predicted octanol–water partition coefficient (Wildman–Crippen LogP) is 7.17. The topological polar surface area (TPSA) is 26.3 Å². The Hall–Kier alpha value is -1.52. The molecule has 0 radical (unpaired) electrons. The number of halogens is 3. The van der Waals surface area contributed by atoms with Gasteiger partial charge in [0.25, 0.3) is 0 Å². The number of esters is 1. The smallest absolute Gasteiger partial charge is 0.416 e. The van der Waals surface area contributed by atoms with Crippen molar-refractivity contribution in [3.63, 3.8) is 0 Å². The molecule has 0 heterocycles. The van der Waals surface area contributed by atoms with Gasteiger partial charge in [-0.15, -0.1) is 0 Å². The number of hydrogen-bond acceptors (Lipinski definition) is 2. The van der Waals surface area contributed by atoms with Crippen LogP contribution < -0.4 is 0 Å². The minimum absolute atomic E-state index is 0.150. The Morgan fingerprint density at radius 1 is 0.923 bits per heavy atom. The first-order valence-electron chi connectivity index (χ1n) is 9.72. The summed E-state index contributed by atoms with van der Waals surface area (Å²) in [6, 6.07) is 4.14. The first-order chi connectivity index (χ1) is 12.3. The molecule has 0 aliphatic heterocycles. The van der Waals surface area contributed by atoms with Crippen LogP contribution in [0.2, 0.25) is 0 Å². The second-order valence-corrected chi connectivity index (χ2v) is 6.91. The summed E-state index contributed by atoms with van der Waals surface area (Å²) >= 11 is 0. The molecule has 1 atom stereocenters. The van der Waals surface area contributed by atoms with Crippen LogP contribution in [-0.2, 0) is 10.9 Å². The maximum Gasteiger partial charge on any atom is 0.416 e. The molecule has 148 valence electrons. The fraction of sp³-hybridized carbons (Fsp3) is 0.667. The lowest BCUT2D eigenvalue weighted by molar-refractivity contribution is -0.137. The number of carbonyl (C=O) groups is 1. The average molecular weight is 372 g/mol. The molecule has 5 heteroatoms. The van der Waals surface area contributed by atoms with Crippen molar-refractivity contribution in [2.24, 2.45) is 0 Å². The molecule has 1 aromatic rings. The summed E-state index contributed by atoms with van der Waals surface area (Å²) in [6.07, 6.45) is 7.25. The first kappa shape index (κ1) is 22.5. The molecule has 0 saturated carbocycles. The van der Waals surface area contributed by atoms with Gasteiger partial charge in [0.05, 0.1) is 17.2 Å². The van der Waals surface area contributed by atoms with Crippen LogP contribution in [0.4, 0.5) is 13.2 Å². The minimum Gasteiger partial charge on any atom is -0.459 e. The number of rotatable bonds is 12. The molecular weight excluding hydrogens is 341 g/mol. The molecule has 0 aliphatic carbocycles. The van der Waals surface area contributed by atoms with E-state index in [0.717, 1.165) is 43.5 Å². The average Bonchev–Trinajstić information content (AvgIpc) is 2.59. The molecule has 0 saturated heterocycles. The highest BCUT2D eigenvalue weighted by molar-refractivity contribution is 5.89. The molecule has 2 nitrogen and oxygen atoms in total. The van der Waals surface area contributed by atoms with E-state index in [-0.39, 0.29) is 11.7 Å². The lowest BCUT2D eigenvalue weighted by atomic mass is 10.1. The Morgan fingerprint density at radius 3 is 1.92 bits per heavy atom. The van der Waals surface area contributed by atoms with Crippen LogP contribution in [0, 0.1) is 0 Å². The molecule has 1 unspecified atom stereocenters. The molecule has 0 fully saturated rings. The van der Waals surface area contributed by atoms with Gasteiger partial charge in [0.1, 0.15) is 0 Å². The van der Waals surface area contributed by atoms with Gasteiger partial charge in [-0.1, -0.05) is 58.3 Å². The summed E-state index contributed by atoms with van der Waals surface area (Å²) in [5.41, 5.74) is -0.617. The van der Waals surface area contributed by atoms with Crippen molar-refractivity contribution < 1.29 is 22.7 Å². The fourth-order valence-corrected chi connectivity index (χ4v) is 2.85. The normalized spacial score (nSPS) is 12.8. The SMILES string of the molecule is CCCCCCCCCCCC(C)OC(=O)c1ccc(C(F)(F)F)cc1. The maximum atomic E-state index is 12.5. The van der Waals surface area contributed by atoms with Crippen LogP contribution in [0.25, 0.3) is 0 Å². The Kier molecular flexibility index (Phi) is 10.4. The predicted molar refractivity (Wildman–Crippen MR) is 98.2 cm³/mol. The number of unbranched alkanes of at least 4 members (excludes halogenated alkanes) is 8. The van der Waals surface area contributed by atoms with E-state index in [9.17, 15) is 18.0 Å². The van der Waals surface area contributed by atoms with E-state index in [1.807, 2.05) is 6.92 Å². The number of ether oxygens (including phenoxy) is 1. The Morgan fingerprint density at radius 2 is 1.42 bits per heavy atom. The summed E-state index contributed by atoms with van der Waals surface area (Å²) in [4.78, 5) is 12.0. The zero-order chi connectivity index (χ0) is 19.4. The third-order valence-corrected chi connectivity index (χ3v) is 4.47. The summed E-state index contributed by atoms with van der Waals surface area (Å²) in [6.45, 7) is 4.04. The Bertz CT molecular complexity index is 509. The largest absolute Gasteiger partial charge is 0.459 e. The highest BCUT2D eigenvalue weighted by atomic mass is 19.4. The molecule has 0 N–H and O–H groups in total. The zero-order valence-electron chi connectivity index (χ0n) is 15.9. The molecule has 1 aromatic carbocycles. The minimum atomic E-state index is -4.40. The van der Waals surface area contributed by atoms with Gasteiger partial charge < -0.3 is 4.74 Å². The lowest BCUT2D eigenvalue weighted by Gasteiger charge is -2.13. The van der Waals surface area contributed by atoms with E-state index in [2.05, 4.69) is 6.92 Å². The van der Waals surface area contributed by atoms with Gasteiger partial charge in [-0.3, -0.25) is 0 Å². The van der Waals surface area contributed by atoms with Gasteiger partial charge in [-0.25, -0.2) is 4.79 Å². The summed E-state index contributed by atoms with van der Waals surface area (Å²) in [5.74, 6) is -0.567. The molecule has 0 spiro atoms. The van der Waals surface area contributed by atoms with Crippen molar-refractivity contribution in [2.45, 2.75) is 90.3 Å². The van der Waals surface area contributed by atoms with Crippen molar-refractivity contribution in [3.05, 3.63) is 35.4 Å². The molecule has 26 heavy (non-hydrogen) atoms. The molecule has 0 amide bonds. The van der Waals surface area contributed by atoms with Gasteiger partial charge in [0.2, 0.25) is 0 Å². The van der Waals surface area contributed by atoms with Crippen LogP contribution >= 0.6 is 0 Å². The van der Waals surface area contributed by atoms with Crippen LogP contribution in [-0.4, -0.2) is 12.1 Å². The lowest BCUT2D eigenvalue weighted by Crippen LogP contribution is -2.15. The van der Waals surface area contributed by atoms with Crippen LogP contribution in [0.1, 0.15) is 94.0 Å². The van der Waals surface area contributed by atoms with E-state index < -0.39 is 17.7 Å². The van der Waals surface area contributed by atoms with Gasteiger partial charge in [0.15, 0.2) is 0 Å². The summed E-state index contributed by atoms with van der Waals surface area (Å²) in [5, 5.41) is 0. The monoisotopic (exact) mass is 372 g/mol. The standard InChI is InChI=1S/C21H31F3O2/c1-3-4-5-6-7-8-9-10-11-12-17(2)26-20(25)18-13-15-19(16-14-18)21(22,23)24/h13-17H,3-12H2,1-2H3. The van der Waals surface area contributed by atoms with E-state index in [0.29, 0.717) is 0 Å². The highest BCUT2D eigenvalue weighted by Crippen LogP contribution is 2.29. The summed E-state index contributed by atoms with van der Waals surface area (Å²) in [7, 11) is 0. The molecule has 0 aliphatic rings. The van der Waals surface area contributed by atoms with E-state index >= 15 is 0 Å². The van der Waals surface area contributed by atoms with E-state index in [4.69, 9.17) is 4.74 Å². The van der Waals surface area contributed by atoms with Crippen molar-refractivity contribution >= 4 is 5.97 Å². The third kappa shape index (κ3) is 9.25.